The Kier molecular flexibility index (Phi) is 4.21. The molecule has 2 rings (SSSR count). The molecule has 2 aromatic rings. The van der Waals surface area contributed by atoms with E-state index in [-0.39, 0.29) is 15.5 Å². The summed E-state index contributed by atoms with van der Waals surface area (Å²) in [5.74, 6) is -0.215. The van der Waals surface area contributed by atoms with Crippen molar-refractivity contribution < 1.29 is 12.8 Å². The van der Waals surface area contributed by atoms with Crippen molar-refractivity contribution in [1.82, 2.24) is 14.8 Å². The molecule has 0 bridgehead atoms. The van der Waals surface area contributed by atoms with Crippen LogP contribution in [0.5, 0.6) is 0 Å². The van der Waals surface area contributed by atoms with E-state index in [0.717, 1.165) is 0 Å². The van der Waals surface area contributed by atoms with Crippen molar-refractivity contribution in [1.29, 1.82) is 0 Å². The van der Waals surface area contributed by atoms with E-state index in [0.29, 0.717) is 18.5 Å². The van der Waals surface area contributed by atoms with Crippen LogP contribution in [0.3, 0.4) is 0 Å². The van der Waals surface area contributed by atoms with E-state index in [1.54, 1.807) is 6.07 Å². The fourth-order valence-electron chi connectivity index (χ4n) is 1.80. The van der Waals surface area contributed by atoms with Gasteiger partial charge in [0.2, 0.25) is 0 Å². The number of sulfonamides is 1. The van der Waals surface area contributed by atoms with Gasteiger partial charge in [-0.2, -0.15) is 0 Å². The molecule has 20 heavy (non-hydrogen) atoms. The summed E-state index contributed by atoms with van der Waals surface area (Å²) in [6.07, 6.45) is 0.653. The Morgan fingerprint density at radius 2 is 2.10 bits per heavy atom. The minimum atomic E-state index is -3.99. The van der Waals surface area contributed by atoms with Crippen LogP contribution in [0.1, 0.15) is 13.3 Å². The standard InChI is InChI=1S/C11H12BrFN4O2S/c1-2-6-17-10(15-16-11(17)20(14,18)19)7-4-3-5-8(13)9(7)12/h3-5H,2,6H2,1H3,(H2,14,18,19). The van der Waals surface area contributed by atoms with Crippen molar-refractivity contribution in [3.05, 3.63) is 28.5 Å². The summed E-state index contributed by atoms with van der Waals surface area (Å²) in [4.78, 5) is 0. The minimum absolute atomic E-state index is 0.200. The Hall–Kier alpha value is -1.32. The molecule has 1 aromatic heterocycles. The lowest BCUT2D eigenvalue weighted by molar-refractivity contribution is 0.559. The van der Waals surface area contributed by atoms with Crippen molar-refractivity contribution in [2.75, 3.05) is 0 Å². The summed E-state index contributed by atoms with van der Waals surface area (Å²) < 4.78 is 38.1. The van der Waals surface area contributed by atoms with E-state index in [2.05, 4.69) is 26.1 Å². The highest BCUT2D eigenvalue weighted by molar-refractivity contribution is 9.10. The summed E-state index contributed by atoms with van der Waals surface area (Å²) in [6, 6.07) is 4.42. The number of hydrogen-bond donors (Lipinski definition) is 1. The zero-order chi connectivity index (χ0) is 14.9. The van der Waals surface area contributed by atoms with Crippen LogP contribution in [0.2, 0.25) is 0 Å². The highest BCUT2D eigenvalue weighted by Crippen LogP contribution is 2.30. The molecule has 0 fully saturated rings. The third kappa shape index (κ3) is 2.74. The van der Waals surface area contributed by atoms with Crippen LogP contribution in [-0.2, 0) is 16.6 Å². The van der Waals surface area contributed by atoms with Crippen LogP contribution in [0.4, 0.5) is 4.39 Å². The Morgan fingerprint density at radius 1 is 1.40 bits per heavy atom. The molecule has 2 N–H and O–H groups in total. The van der Waals surface area contributed by atoms with Gasteiger partial charge in [-0.3, -0.25) is 4.57 Å². The molecule has 9 heteroatoms. The van der Waals surface area contributed by atoms with Crippen LogP contribution in [0.25, 0.3) is 11.4 Å². The first-order chi connectivity index (χ1) is 9.36. The molecule has 0 aliphatic carbocycles. The molecule has 108 valence electrons. The normalized spacial score (nSPS) is 11.8. The summed E-state index contributed by atoms with van der Waals surface area (Å²) in [5, 5.41) is 12.2. The lowest BCUT2D eigenvalue weighted by Gasteiger charge is -2.09. The second-order valence-electron chi connectivity index (χ2n) is 4.10. The van der Waals surface area contributed by atoms with Gasteiger partial charge in [-0.15, -0.1) is 10.2 Å². The molecular weight excluding hydrogens is 351 g/mol. The second-order valence-corrected chi connectivity index (χ2v) is 6.35. The fourth-order valence-corrected chi connectivity index (χ4v) is 2.88. The maximum atomic E-state index is 13.6. The Morgan fingerprint density at radius 3 is 2.70 bits per heavy atom. The number of primary sulfonamides is 1. The van der Waals surface area contributed by atoms with Crippen LogP contribution in [-0.4, -0.2) is 23.2 Å². The highest BCUT2D eigenvalue weighted by atomic mass is 79.9. The second kappa shape index (κ2) is 5.58. The SMILES string of the molecule is CCCn1c(-c2cccc(F)c2Br)nnc1S(N)(=O)=O. The smallest absolute Gasteiger partial charge is 0.273 e. The minimum Gasteiger partial charge on any atom is -0.297 e. The monoisotopic (exact) mass is 362 g/mol. The third-order valence-electron chi connectivity index (χ3n) is 2.61. The molecule has 0 unspecified atom stereocenters. The van der Waals surface area contributed by atoms with Gasteiger partial charge in [-0.05, 0) is 34.5 Å². The summed E-state index contributed by atoms with van der Waals surface area (Å²) in [7, 11) is -3.99. The lowest BCUT2D eigenvalue weighted by atomic mass is 10.2. The first-order valence-electron chi connectivity index (χ1n) is 5.76. The van der Waals surface area contributed by atoms with Crippen molar-refractivity contribution in [2.45, 2.75) is 25.0 Å². The molecule has 0 saturated carbocycles. The quantitative estimate of drug-likeness (QED) is 0.898. The number of benzene rings is 1. The molecule has 1 heterocycles. The number of halogens is 2. The van der Waals surface area contributed by atoms with Crippen molar-refractivity contribution >= 4 is 26.0 Å². The zero-order valence-electron chi connectivity index (χ0n) is 10.5. The fraction of sp³-hybridized carbons (Fsp3) is 0.273. The first-order valence-corrected chi connectivity index (χ1v) is 8.10. The van der Waals surface area contributed by atoms with Gasteiger partial charge in [-0.25, -0.2) is 17.9 Å². The van der Waals surface area contributed by atoms with Gasteiger partial charge in [-0.1, -0.05) is 13.0 Å². The van der Waals surface area contributed by atoms with E-state index in [9.17, 15) is 12.8 Å². The van der Waals surface area contributed by atoms with Gasteiger partial charge in [0.1, 0.15) is 5.82 Å². The molecular formula is C11H12BrFN4O2S. The van der Waals surface area contributed by atoms with Gasteiger partial charge in [0.25, 0.3) is 15.2 Å². The van der Waals surface area contributed by atoms with Gasteiger partial charge >= 0.3 is 0 Å². The molecule has 0 atom stereocenters. The van der Waals surface area contributed by atoms with E-state index in [1.807, 2.05) is 6.92 Å². The first kappa shape index (κ1) is 15.1. The van der Waals surface area contributed by atoms with Crippen LogP contribution in [0.15, 0.2) is 27.8 Å². The zero-order valence-corrected chi connectivity index (χ0v) is 12.9. The van der Waals surface area contributed by atoms with E-state index >= 15 is 0 Å². The predicted octanol–water partition coefficient (Wildman–Crippen LogP) is 1.90. The van der Waals surface area contributed by atoms with Gasteiger partial charge < -0.3 is 0 Å². The maximum Gasteiger partial charge on any atom is 0.273 e. The number of rotatable bonds is 4. The number of hydrogen-bond acceptors (Lipinski definition) is 4. The van der Waals surface area contributed by atoms with Gasteiger partial charge in [0, 0.05) is 12.1 Å². The summed E-state index contributed by atoms with van der Waals surface area (Å²) in [5.41, 5.74) is 0.417. The van der Waals surface area contributed by atoms with Crippen LogP contribution in [0, 0.1) is 5.82 Å². The maximum absolute atomic E-state index is 13.6. The van der Waals surface area contributed by atoms with E-state index in [1.165, 1.54) is 16.7 Å². The molecule has 0 aliphatic heterocycles. The third-order valence-corrected chi connectivity index (χ3v) is 4.23. The molecule has 0 radical (unpaired) electrons. The van der Waals surface area contributed by atoms with Crippen LogP contribution < -0.4 is 5.14 Å². The van der Waals surface area contributed by atoms with Gasteiger partial charge in [0.15, 0.2) is 5.82 Å². The Labute approximate surface area is 124 Å². The largest absolute Gasteiger partial charge is 0.297 e. The lowest BCUT2D eigenvalue weighted by Crippen LogP contribution is -2.19. The predicted molar refractivity (Wildman–Crippen MR) is 74.8 cm³/mol. The summed E-state index contributed by atoms with van der Waals surface area (Å²) in [6.45, 7) is 2.23. The average Bonchev–Trinajstić information content (AvgIpc) is 2.77. The molecule has 0 amide bonds. The molecule has 1 aromatic carbocycles. The topological polar surface area (TPSA) is 90.9 Å². The molecule has 0 aliphatic rings. The average molecular weight is 363 g/mol. The highest BCUT2D eigenvalue weighted by Gasteiger charge is 2.23. The van der Waals surface area contributed by atoms with E-state index in [4.69, 9.17) is 5.14 Å². The van der Waals surface area contributed by atoms with Crippen molar-refractivity contribution in [3.8, 4) is 11.4 Å². The number of aromatic nitrogens is 3. The number of nitrogens with two attached hydrogens (primary N) is 1. The number of nitrogens with zero attached hydrogens (tertiary/aromatic N) is 3. The summed E-state index contributed by atoms with van der Waals surface area (Å²) >= 11 is 3.13. The Bertz CT molecular complexity index is 745. The van der Waals surface area contributed by atoms with Crippen molar-refractivity contribution in [2.24, 2.45) is 5.14 Å². The van der Waals surface area contributed by atoms with E-state index < -0.39 is 15.8 Å². The van der Waals surface area contributed by atoms with Crippen molar-refractivity contribution in [3.63, 3.8) is 0 Å². The molecule has 0 saturated heterocycles. The molecule has 0 spiro atoms. The molecule has 6 nitrogen and oxygen atoms in total. The Balaban J connectivity index is 2.69. The van der Waals surface area contributed by atoms with Gasteiger partial charge in [0.05, 0.1) is 4.47 Å². The van der Waals surface area contributed by atoms with Crippen LogP contribution >= 0.6 is 15.9 Å².